The van der Waals surface area contributed by atoms with Crippen LogP contribution in [0.4, 0.5) is 0 Å². The number of methoxy groups -OCH3 is 2. The number of aromatic hydroxyl groups is 1. The minimum absolute atomic E-state index is 0.0699. The summed E-state index contributed by atoms with van der Waals surface area (Å²) in [6.45, 7) is 8.25. The van der Waals surface area contributed by atoms with Gasteiger partial charge < -0.3 is 14.6 Å². The van der Waals surface area contributed by atoms with Crippen molar-refractivity contribution in [1.29, 1.82) is 0 Å². The second-order valence-corrected chi connectivity index (χ2v) is 4.90. The van der Waals surface area contributed by atoms with E-state index in [1.807, 2.05) is 13.0 Å². The summed E-state index contributed by atoms with van der Waals surface area (Å²) in [4.78, 5) is 0. The van der Waals surface area contributed by atoms with Gasteiger partial charge in [0.1, 0.15) is 0 Å². The van der Waals surface area contributed by atoms with Crippen LogP contribution in [0.1, 0.15) is 31.9 Å². The molecule has 0 heterocycles. The van der Waals surface area contributed by atoms with Gasteiger partial charge in [0.05, 0.1) is 14.2 Å². The molecule has 0 amide bonds. The second kappa shape index (κ2) is 4.24. The molecule has 0 saturated heterocycles. The third-order valence-corrected chi connectivity index (χ3v) is 2.59. The third-order valence-electron chi connectivity index (χ3n) is 2.59. The monoisotopic (exact) mass is 224 g/mol. The van der Waals surface area contributed by atoms with E-state index in [1.54, 1.807) is 7.11 Å². The summed E-state index contributed by atoms with van der Waals surface area (Å²) in [5.74, 6) is 1.02. The van der Waals surface area contributed by atoms with Crippen molar-refractivity contribution < 1.29 is 14.6 Å². The van der Waals surface area contributed by atoms with E-state index < -0.39 is 0 Å². The molecule has 0 unspecified atom stereocenters. The summed E-state index contributed by atoms with van der Waals surface area (Å²) >= 11 is 0. The fourth-order valence-corrected chi connectivity index (χ4v) is 2.03. The van der Waals surface area contributed by atoms with E-state index in [0.29, 0.717) is 11.5 Å². The number of phenols is 1. The van der Waals surface area contributed by atoms with Gasteiger partial charge in [-0.05, 0) is 24.0 Å². The molecule has 90 valence electrons. The largest absolute Gasteiger partial charge is 0.502 e. The van der Waals surface area contributed by atoms with Crippen LogP contribution >= 0.6 is 0 Å². The summed E-state index contributed by atoms with van der Waals surface area (Å²) in [6.07, 6.45) is 0. The predicted octanol–water partition coefficient (Wildman–Crippen LogP) is 3.02. The molecule has 0 atom stereocenters. The van der Waals surface area contributed by atoms with Gasteiger partial charge in [0.15, 0.2) is 11.5 Å². The molecule has 3 heteroatoms. The van der Waals surface area contributed by atoms with Crippen LogP contribution in [0, 0.1) is 6.92 Å². The molecule has 0 saturated carbocycles. The fraction of sp³-hybridized carbons (Fsp3) is 0.538. The van der Waals surface area contributed by atoms with E-state index in [9.17, 15) is 5.11 Å². The van der Waals surface area contributed by atoms with E-state index in [4.69, 9.17) is 9.47 Å². The average Bonchev–Trinajstić information content (AvgIpc) is 2.18. The number of phenolic OH excluding ortho intramolecular Hbond substituents is 1. The van der Waals surface area contributed by atoms with E-state index in [1.165, 1.54) is 7.11 Å². The molecule has 1 rings (SSSR count). The number of aryl methyl sites for hydroxylation is 1. The van der Waals surface area contributed by atoms with Crippen molar-refractivity contribution >= 4 is 0 Å². The van der Waals surface area contributed by atoms with Gasteiger partial charge in [0.2, 0.25) is 5.75 Å². The van der Waals surface area contributed by atoms with Gasteiger partial charge in [-0.15, -0.1) is 0 Å². The van der Waals surface area contributed by atoms with E-state index in [0.717, 1.165) is 11.1 Å². The Kier molecular flexibility index (Phi) is 3.36. The summed E-state index contributed by atoms with van der Waals surface area (Å²) in [5.41, 5.74) is 1.98. The van der Waals surface area contributed by atoms with Crippen LogP contribution in [0.3, 0.4) is 0 Å². The average molecular weight is 224 g/mol. The van der Waals surface area contributed by atoms with Crippen LogP contribution in [0.15, 0.2) is 6.07 Å². The lowest BCUT2D eigenvalue weighted by Crippen LogP contribution is -2.15. The molecule has 0 bridgehead atoms. The normalized spacial score (nSPS) is 11.4. The zero-order chi connectivity index (χ0) is 12.5. The maximum Gasteiger partial charge on any atom is 0.201 e. The van der Waals surface area contributed by atoms with Gasteiger partial charge in [-0.25, -0.2) is 0 Å². The lowest BCUT2D eigenvalue weighted by molar-refractivity contribution is 0.331. The molecular formula is C13H20O3. The first-order chi connectivity index (χ1) is 7.32. The van der Waals surface area contributed by atoms with Crippen LogP contribution in [-0.4, -0.2) is 19.3 Å². The molecule has 1 aromatic carbocycles. The minimum atomic E-state index is -0.0841. The molecule has 0 aliphatic rings. The SMILES string of the molecule is COc1cc(C)c(C(C)(C)C)c(OC)c1O. The van der Waals surface area contributed by atoms with Crippen molar-refractivity contribution in [1.82, 2.24) is 0 Å². The highest BCUT2D eigenvalue weighted by molar-refractivity contribution is 5.60. The fourth-order valence-electron chi connectivity index (χ4n) is 2.03. The van der Waals surface area contributed by atoms with Crippen molar-refractivity contribution in [3.63, 3.8) is 0 Å². The number of benzene rings is 1. The van der Waals surface area contributed by atoms with Crippen molar-refractivity contribution in [2.45, 2.75) is 33.1 Å². The Morgan fingerprint density at radius 2 is 1.69 bits per heavy atom. The summed E-state index contributed by atoms with van der Waals surface area (Å²) in [7, 11) is 3.09. The first kappa shape index (κ1) is 12.7. The van der Waals surface area contributed by atoms with Crippen molar-refractivity contribution in [2.24, 2.45) is 0 Å². The molecule has 0 aliphatic carbocycles. The molecule has 16 heavy (non-hydrogen) atoms. The quantitative estimate of drug-likeness (QED) is 0.839. The van der Waals surface area contributed by atoms with Crippen molar-refractivity contribution in [2.75, 3.05) is 14.2 Å². The van der Waals surface area contributed by atoms with Gasteiger partial charge >= 0.3 is 0 Å². The van der Waals surface area contributed by atoms with E-state index in [2.05, 4.69) is 20.8 Å². The van der Waals surface area contributed by atoms with E-state index >= 15 is 0 Å². The zero-order valence-corrected chi connectivity index (χ0v) is 10.8. The Bertz CT molecular complexity index is 389. The van der Waals surface area contributed by atoms with Gasteiger partial charge in [-0.2, -0.15) is 0 Å². The first-order valence-electron chi connectivity index (χ1n) is 5.28. The van der Waals surface area contributed by atoms with Crippen molar-refractivity contribution in [3.05, 3.63) is 17.2 Å². The van der Waals surface area contributed by atoms with Crippen LogP contribution in [0.2, 0.25) is 0 Å². The zero-order valence-electron chi connectivity index (χ0n) is 10.8. The second-order valence-electron chi connectivity index (χ2n) is 4.90. The van der Waals surface area contributed by atoms with Gasteiger partial charge in [-0.3, -0.25) is 0 Å². The molecule has 0 radical (unpaired) electrons. The molecule has 0 spiro atoms. The highest BCUT2D eigenvalue weighted by Crippen LogP contribution is 2.45. The van der Waals surface area contributed by atoms with Crippen LogP contribution in [-0.2, 0) is 5.41 Å². The molecular weight excluding hydrogens is 204 g/mol. The number of hydrogen-bond acceptors (Lipinski definition) is 3. The summed E-state index contributed by atoms with van der Waals surface area (Å²) < 4.78 is 10.4. The minimum Gasteiger partial charge on any atom is -0.502 e. The third kappa shape index (κ3) is 2.08. The number of rotatable bonds is 2. The van der Waals surface area contributed by atoms with Crippen molar-refractivity contribution in [3.8, 4) is 17.2 Å². The molecule has 1 N–H and O–H groups in total. The van der Waals surface area contributed by atoms with Crippen LogP contribution in [0.25, 0.3) is 0 Å². The predicted molar refractivity (Wildman–Crippen MR) is 64.6 cm³/mol. The molecule has 0 aliphatic heterocycles. The van der Waals surface area contributed by atoms with Crippen LogP contribution in [0.5, 0.6) is 17.2 Å². The topological polar surface area (TPSA) is 38.7 Å². The highest BCUT2D eigenvalue weighted by Gasteiger charge is 2.26. The Morgan fingerprint density at radius 1 is 1.12 bits per heavy atom. The lowest BCUT2D eigenvalue weighted by Gasteiger charge is -2.25. The maximum absolute atomic E-state index is 10.0. The molecule has 1 aromatic rings. The van der Waals surface area contributed by atoms with Gasteiger partial charge in [-0.1, -0.05) is 20.8 Å². The Labute approximate surface area is 97.0 Å². The number of ether oxygens (including phenoxy) is 2. The smallest absolute Gasteiger partial charge is 0.201 e. The highest BCUT2D eigenvalue weighted by atomic mass is 16.5. The first-order valence-corrected chi connectivity index (χ1v) is 5.28. The van der Waals surface area contributed by atoms with E-state index in [-0.39, 0.29) is 11.2 Å². The molecule has 3 nitrogen and oxygen atoms in total. The maximum atomic E-state index is 10.0. The standard InChI is InChI=1S/C13H20O3/c1-8-7-9(15-5)11(14)12(16-6)10(8)13(2,3)4/h7,14H,1-6H3. The Balaban J connectivity index is 3.56. The van der Waals surface area contributed by atoms with Gasteiger partial charge in [0, 0.05) is 5.56 Å². The lowest BCUT2D eigenvalue weighted by atomic mass is 9.83. The summed E-state index contributed by atoms with van der Waals surface area (Å²) in [5, 5.41) is 10.0. The molecule has 0 aromatic heterocycles. The molecule has 0 fully saturated rings. The van der Waals surface area contributed by atoms with Crippen LogP contribution < -0.4 is 9.47 Å². The number of hydrogen-bond donors (Lipinski definition) is 1. The van der Waals surface area contributed by atoms with Gasteiger partial charge in [0.25, 0.3) is 0 Å². The Morgan fingerprint density at radius 3 is 2.06 bits per heavy atom. The Hall–Kier alpha value is -1.38. The summed E-state index contributed by atoms with van der Waals surface area (Å²) in [6, 6.07) is 1.83.